The van der Waals surface area contributed by atoms with E-state index in [0.717, 1.165) is 34.4 Å². The highest BCUT2D eigenvalue weighted by Crippen LogP contribution is 2.23. The minimum Gasteiger partial charge on any atom is -0.491 e. The maximum absolute atomic E-state index is 5.96. The maximum atomic E-state index is 5.96. The van der Waals surface area contributed by atoms with Crippen molar-refractivity contribution in [3.8, 4) is 29.4 Å². The summed E-state index contributed by atoms with van der Waals surface area (Å²) in [6.45, 7) is 2.70. The molecule has 0 saturated heterocycles. The summed E-state index contributed by atoms with van der Waals surface area (Å²) in [7, 11) is 0. The monoisotopic (exact) mass is 338 g/mol. The van der Waals surface area contributed by atoms with E-state index in [9.17, 15) is 0 Å². The zero-order chi connectivity index (χ0) is 18.0. The van der Waals surface area contributed by atoms with Crippen LogP contribution in [0.3, 0.4) is 0 Å². The Labute approximate surface area is 154 Å². The molecule has 0 aliphatic heterocycles. The second kappa shape index (κ2) is 9.06. The third kappa shape index (κ3) is 4.72. The lowest BCUT2D eigenvalue weighted by Crippen LogP contribution is -2.00. The highest BCUT2D eigenvalue weighted by Gasteiger charge is 2.06. The predicted octanol–water partition coefficient (Wildman–Crippen LogP) is 4.07. The fourth-order valence-electron chi connectivity index (χ4n) is 2.24. The van der Waals surface area contributed by atoms with E-state index in [1.54, 1.807) is 24.8 Å². The molecule has 0 amide bonds. The molecule has 3 heteroatoms. The van der Waals surface area contributed by atoms with Crippen LogP contribution in [0.4, 0.5) is 0 Å². The number of para-hydroxylation sites is 1. The summed E-state index contributed by atoms with van der Waals surface area (Å²) in [5.41, 5.74) is 3.48. The number of aromatic nitrogens is 2. The number of pyridine rings is 2. The van der Waals surface area contributed by atoms with Crippen LogP contribution in [0.15, 0.2) is 67.3 Å². The summed E-state index contributed by atoms with van der Waals surface area (Å²) < 4.78 is 5.96. The van der Waals surface area contributed by atoms with Crippen LogP contribution in [0.5, 0.6) is 5.75 Å². The van der Waals surface area contributed by atoms with Crippen molar-refractivity contribution in [3.63, 3.8) is 0 Å². The summed E-state index contributed by atoms with van der Waals surface area (Å²) in [6.07, 6.45) is 7.85. The van der Waals surface area contributed by atoms with Crippen LogP contribution >= 0.6 is 0 Å². The molecule has 0 spiro atoms. The van der Waals surface area contributed by atoms with Crippen LogP contribution in [0, 0.1) is 23.7 Å². The summed E-state index contributed by atoms with van der Waals surface area (Å²) >= 11 is 0. The van der Waals surface area contributed by atoms with Crippen LogP contribution in [-0.2, 0) is 0 Å². The molecule has 0 bridgehead atoms. The molecule has 1 aromatic carbocycles. The first-order chi connectivity index (χ1) is 12.9. The van der Waals surface area contributed by atoms with Gasteiger partial charge in [0.05, 0.1) is 17.7 Å². The van der Waals surface area contributed by atoms with E-state index in [4.69, 9.17) is 4.74 Å². The minimum absolute atomic E-state index is 0.623. The number of rotatable bonds is 3. The lowest BCUT2D eigenvalue weighted by atomic mass is 10.1. The Morgan fingerprint density at radius 3 is 1.69 bits per heavy atom. The lowest BCUT2D eigenvalue weighted by Gasteiger charge is -2.09. The molecule has 0 N–H and O–H groups in total. The van der Waals surface area contributed by atoms with Gasteiger partial charge in [-0.25, -0.2) is 0 Å². The SMILES string of the molecule is CCCOc1c(C#Cc2ccncc2)cccc1C#Cc1ccncc1. The van der Waals surface area contributed by atoms with Gasteiger partial charge in [0.1, 0.15) is 0 Å². The first-order valence-electron chi connectivity index (χ1n) is 8.46. The second-order valence-electron chi connectivity index (χ2n) is 5.50. The predicted molar refractivity (Wildman–Crippen MR) is 103 cm³/mol. The molecule has 126 valence electrons. The van der Waals surface area contributed by atoms with Crippen molar-refractivity contribution in [2.24, 2.45) is 0 Å². The molecular formula is C23H18N2O. The highest BCUT2D eigenvalue weighted by atomic mass is 16.5. The molecular weight excluding hydrogens is 320 g/mol. The molecule has 3 aromatic rings. The smallest absolute Gasteiger partial charge is 0.150 e. The van der Waals surface area contributed by atoms with E-state index in [0.29, 0.717) is 6.61 Å². The van der Waals surface area contributed by atoms with Crippen LogP contribution < -0.4 is 4.74 Å². The molecule has 0 saturated carbocycles. The molecule has 2 aromatic heterocycles. The fourth-order valence-corrected chi connectivity index (χ4v) is 2.24. The molecule has 3 nitrogen and oxygen atoms in total. The summed E-state index contributed by atoms with van der Waals surface area (Å²) in [6, 6.07) is 13.4. The summed E-state index contributed by atoms with van der Waals surface area (Å²) in [5, 5.41) is 0. The van der Waals surface area contributed by atoms with Crippen LogP contribution in [-0.4, -0.2) is 16.6 Å². The van der Waals surface area contributed by atoms with Crippen molar-refractivity contribution in [1.29, 1.82) is 0 Å². The van der Waals surface area contributed by atoms with E-state index in [1.165, 1.54) is 0 Å². The molecule has 0 atom stereocenters. The maximum Gasteiger partial charge on any atom is 0.150 e. The normalized spacial score (nSPS) is 9.42. The first-order valence-corrected chi connectivity index (χ1v) is 8.46. The molecule has 26 heavy (non-hydrogen) atoms. The number of benzene rings is 1. The average molecular weight is 338 g/mol. The van der Waals surface area contributed by atoms with Gasteiger partial charge in [-0.05, 0) is 42.8 Å². The van der Waals surface area contributed by atoms with Crippen LogP contribution in [0.1, 0.15) is 35.6 Å². The van der Waals surface area contributed by atoms with Gasteiger partial charge in [-0.2, -0.15) is 0 Å². The highest BCUT2D eigenvalue weighted by molar-refractivity contribution is 5.59. The van der Waals surface area contributed by atoms with Crippen molar-refractivity contribution >= 4 is 0 Å². The van der Waals surface area contributed by atoms with Gasteiger partial charge in [-0.3, -0.25) is 9.97 Å². The molecule has 0 fully saturated rings. The third-order valence-corrected chi connectivity index (χ3v) is 3.51. The molecule has 0 unspecified atom stereocenters. The van der Waals surface area contributed by atoms with Crippen molar-refractivity contribution in [2.75, 3.05) is 6.61 Å². The van der Waals surface area contributed by atoms with Crippen molar-refractivity contribution in [3.05, 3.63) is 89.5 Å². The van der Waals surface area contributed by atoms with Gasteiger partial charge in [-0.15, -0.1) is 0 Å². The zero-order valence-corrected chi connectivity index (χ0v) is 14.6. The van der Waals surface area contributed by atoms with E-state index < -0.39 is 0 Å². The molecule has 2 heterocycles. The van der Waals surface area contributed by atoms with Gasteiger partial charge in [-0.1, -0.05) is 36.7 Å². The van der Waals surface area contributed by atoms with Crippen LogP contribution in [0.25, 0.3) is 0 Å². The van der Waals surface area contributed by atoms with E-state index in [-0.39, 0.29) is 0 Å². The molecule has 3 rings (SSSR count). The summed E-state index contributed by atoms with van der Waals surface area (Å²) in [5.74, 6) is 13.4. The van der Waals surface area contributed by atoms with Crippen molar-refractivity contribution in [1.82, 2.24) is 9.97 Å². The topological polar surface area (TPSA) is 35.0 Å². The number of nitrogens with zero attached hydrogens (tertiary/aromatic N) is 2. The van der Waals surface area contributed by atoms with Gasteiger partial charge in [0.25, 0.3) is 0 Å². The van der Waals surface area contributed by atoms with Gasteiger partial charge >= 0.3 is 0 Å². The van der Waals surface area contributed by atoms with E-state index in [2.05, 4.69) is 40.6 Å². The van der Waals surface area contributed by atoms with Gasteiger partial charge in [0, 0.05) is 35.9 Å². The fraction of sp³-hybridized carbons (Fsp3) is 0.130. The number of ether oxygens (including phenoxy) is 1. The second-order valence-corrected chi connectivity index (χ2v) is 5.50. The Morgan fingerprint density at radius 2 is 1.23 bits per heavy atom. The van der Waals surface area contributed by atoms with Crippen LogP contribution in [0.2, 0.25) is 0 Å². The Hall–Kier alpha value is -3.56. The molecule has 0 aliphatic rings. The zero-order valence-electron chi connectivity index (χ0n) is 14.6. The lowest BCUT2D eigenvalue weighted by molar-refractivity contribution is 0.316. The Morgan fingerprint density at radius 1 is 0.731 bits per heavy atom. The van der Waals surface area contributed by atoms with Crippen molar-refractivity contribution in [2.45, 2.75) is 13.3 Å². The van der Waals surface area contributed by atoms with Crippen molar-refractivity contribution < 1.29 is 4.74 Å². The van der Waals surface area contributed by atoms with Gasteiger partial charge in [0.2, 0.25) is 0 Å². The quantitative estimate of drug-likeness (QED) is 0.676. The molecule has 0 radical (unpaired) electrons. The van der Waals surface area contributed by atoms with Gasteiger partial charge < -0.3 is 4.74 Å². The standard InChI is InChI=1S/C23H18N2O/c1-2-18-26-23-21(8-6-19-10-14-24-15-11-19)4-3-5-22(23)9-7-20-12-16-25-17-13-20/h3-5,10-17H,2,18H2,1H3. The number of hydrogen-bond donors (Lipinski definition) is 0. The Balaban J connectivity index is 1.97. The average Bonchev–Trinajstić information content (AvgIpc) is 2.71. The summed E-state index contributed by atoms with van der Waals surface area (Å²) in [4.78, 5) is 8.02. The largest absolute Gasteiger partial charge is 0.491 e. The van der Waals surface area contributed by atoms with Gasteiger partial charge in [0.15, 0.2) is 5.75 Å². The third-order valence-electron chi connectivity index (χ3n) is 3.51. The Bertz CT molecular complexity index is 899. The minimum atomic E-state index is 0.623. The Kier molecular flexibility index (Phi) is 6.02. The van der Waals surface area contributed by atoms with E-state index in [1.807, 2.05) is 42.5 Å². The number of hydrogen-bond acceptors (Lipinski definition) is 3. The van der Waals surface area contributed by atoms with E-state index >= 15 is 0 Å². The molecule has 0 aliphatic carbocycles. The first kappa shape index (κ1) is 17.3.